The Morgan fingerprint density at radius 2 is 2.00 bits per heavy atom. The molecule has 1 spiro atoms. The number of likely N-dealkylation sites (tertiary alicyclic amines) is 1. The van der Waals surface area contributed by atoms with Gasteiger partial charge in [-0.05, 0) is 50.6 Å². The molecule has 1 aromatic heterocycles. The molecule has 7 heteroatoms. The van der Waals surface area contributed by atoms with E-state index in [4.69, 9.17) is 4.74 Å². The number of aromatic amines is 1. The largest absolute Gasteiger partial charge is 0.497 e. The molecule has 2 aromatic rings. The number of ether oxygens (including phenoxy) is 1. The van der Waals surface area contributed by atoms with E-state index in [1.165, 1.54) is 43.2 Å². The van der Waals surface area contributed by atoms with Gasteiger partial charge in [-0.3, -0.25) is 4.79 Å². The maximum absolute atomic E-state index is 13.2. The van der Waals surface area contributed by atoms with Crippen molar-refractivity contribution in [3.05, 3.63) is 29.5 Å². The van der Waals surface area contributed by atoms with Crippen LogP contribution in [0.4, 0.5) is 0 Å². The average Bonchev–Trinajstić information content (AvgIpc) is 3.38. The fourth-order valence-corrected chi connectivity index (χ4v) is 6.39. The van der Waals surface area contributed by atoms with Gasteiger partial charge in [0.1, 0.15) is 5.75 Å². The van der Waals surface area contributed by atoms with Gasteiger partial charge in [-0.1, -0.05) is 12.8 Å². The maximum Gasteiger partial charge on any atom is 0.237 e. The van der Waals surface area contributed by atoms with E-state index in [9.17, 15) is 9.90 Å². The summed E-state index contributed by atoms with van der Waals surface area (Å²) in [7, 11) is 5.51. The molecule has 174 valence electrons. The molecule has 1 aromatic carbocycles. The summed E-state index contributed by atoms with van der Waals surface area (Å²) in [4.78, 5) is 23.2. The molecule has 2 aliphatic heterocycles. The number of carbonyl (C=O) groups is 1. The van der Waals surface area contributed by atoms with E-state index in [0.29, 0.717) is 13.1 Å². The van der Waals surface area contributed by atoms with Crippen LogP contribution in [0, 0.1) is 5.92 Å². The molecule has 1 aliphatic carbocycles. The second kappa shape index (κ2) is 8.36. The van der Waals surface area contributed by atoms with E-state index in [1.54, 1.807) is 7.11 Å². The lowest BCUT2D eigenvalue weighted by atomic mass is 9.68. The van der Waals surface area contributed by atoms with E-state index in [-0.39, 0.29) is 24.0 Å². The van der Waals surface area contributed by atoms with Crippen molar-refractivity contribution in [2.24, 2.45) is 5.92 Å². The van der Waals surface area contributed by atoms with E-state index in [2.05, 4.69) is 16.0 Å². The molecule has 0 unspecified atom stereocenters. The van der Waals surface area contributed by atoms with Crippen molar-refractivity contribution in [2.75, 3.05) is 60.5 Å². The zero-order chi connectivity index (χ0) is 22.5. The number of aliphatic hydroxyl groups is 1. The molecular formula is C25H36N4O3. The summed E-state index contributed by atoms with van der Waals surface area (Å²) >= 11 is 0. The predicted octanol–water partition coefficient (Wildman–Crippen LogP) is 2.36. The van der Waals surface area contributed by atoms with Crippen molar-refractivity contribution in [1.29, 1.82) is 0 Å². The molecular weight excluding hydrogens is 404 g/mol. The van der Waals surface area contributed by atoms with Crippen LogP contribution in [0.5, 0.6) is 5.75 Å². The molecule has 5 rings (SSSR count). The number of rotatable bonds is 6. The van der Waals surface area contributed by atoms with Crippen molar-refractivity contribution in [3.63, 3.8) is 0 Å². The summed E-state index contributed by atoms with van der Waals surface area (Å²) in [5.41, 5.74) is 3.22. The lowest BCUT2D eigenvalue weighted by Crippen LogP contribution is -2.67. The number of aliphatic hydroxyl groups excluding tert-OH is 1. The van der Waals surface area contributed by atoms with E-state index in [1.807, 2.05) is 36.0 Å². The van der Waals surface area contributed by atoms with Crippen LogP contribution >= 0.6 is 0 Å². The Bertz CT molecular complexity index is 988. The van der Waals surface area contributed by atoms with Crippen LogP contribution in [-0.2, 0) is 10.2 Å². The van der Waals surface area contributed by atoms with Gasteiger partial charge < -0.3 is 29.5 Å². The van der Waals surface area contributed by atoms with Crippen LogP contribution in [0.2, 0.25) is 0 Å². The van der Waals surface area contributed by atoms with Crippen molar-refractivity contribution >= 4 is 16.8 Å². The maximum atomic E-state index is 13.2. The Balaban J connectivity index is 1.53. The van der Waals surface area contributed by atoms with Gasteiger partial charge >= 0.3 is 0 Å². The van der Waals surface area contributed by atoms with Gasteiger partial charge in [-0.2, -0.15) is 0 Å². The number of hydrogen-bond acceptors (Lipinski definition) is 5. The Hall–Kier alpha value is -2.09. The molecule has 1 amide bonds. The first kappa shape index (κ1) is 21.7. The van der Waals surface area contributed by atoms with Crippen LogP contribution in [0.1, 0.15) is 43.0 Å². The summed E-state index contributed by atoms with van der Waals surface area (Å²) in [5.74, 6) is 1.70. The molecule has 1 atom stereocenters. The zero-order valence-electron chi connectivity index (χ0n) is 19.6. The minimum Gasteiger partial charge on any atom is -0.497 e. The Morgan fingerprint density at radius 3 is 2.66 bits per heavy atom. The third kappa shape index (κ3) is 3.60. The zero-order valence-corrected chi connectivity index (χ0v) is 19.6. The van der Waals surface area contributed by atoms with E-state index in [0.717, 1.165) is 36.0 Å². The Kier molecular flexibility index (Phi) is 5.68. The Labute approximate surface area is 190 Å². The Morgan fingerprint density at radius 1 is 1.25 bits per heavy atom. The van der Waals surface area contributed by atoms with Gasteiger partial charge in [0.25, 0.3) is 0 Å². The highest BCUT2D eigenvalue weighted by Crippen LogP contribution is 2.49. The molecule has 3 heterocycles. The van der Waals surface area contributed by atoms with Crippen LogP contribution < -0.4 is 4.74 Å². The number of aromatic nitrogens is 1. The van der Waals surface area contributed by atoms with Crippen molar-refractivity contribution in [1.82, 2.24) is 19.7 Å². The smallest absolute Gasteiger partial charge is 0.237 e. The highest BCUT2D eigenvalue weighted by molar-refractivity contribution is 5.89. The van der Waals surface area contributed by atoms with Crippen LogP contribution in [0.3, 0.4) is 0 Å². The molecule has 1 saturated carbocycles. The fourth-order valence-electron chi connectivity index (χ4n) is 6.39. The van der Waals surface area contributed by atoms with Crippen molar-refractivity contribution in [2.45, 2.75) is 37.1 Å². The summed E-state index contributed by atoms with van der Waals surface area (Å²) < 4.78 is 5.45. The first-order chi connectivity index (χ1) is 15.4. The van der Waals surface area contributed by atoms with E-state index < -0.39 is 0 Å². The van der Waals surface area contributed by atoms with Gasteiger partial charge in [-0.15, -0.1) is 0 Å². The first-order valence-corrected chi connectivity index (χ1v) is 11.9. The second-order valence-electron chi connectivity index (χ2n) is 10.4. The standard InChI is InChI=1S/C25H36N4O3/c1-27(2)12-22(31)29-16-25(14-28(15-25)11-17-6-4-5-7-17)23-19-9-8-18(32-3)10-20(19)26-24(23)21(29)13-30/h8-10,17,21,26,30H,4-7,11-16H2,1-3H3/t21-/m1/s1. The van der Waals surface area contributed by atoms with Crippen molar-refractivity contribution in [3.8, 4) is 5.75 Å². The topological polar surface area (TPSA) is 72.0 Å². The van der Waals surface area contributed by atoms with Crippen LogP contribution in [0.25, 0.3) is 10.9 Å². The number of methoxy groups -OCH3 is 1. The number of carbonyl (C=O) groups excluding carboxylic acids is 1. The summed E-state index contributed by atoms with van der Waals surface area (Å²) in [6.45, 7) is 4.04. The van der Waals surface area contributed by atoms with Crippen LogP contribution in [0.15, 0.2) is 18.2 Å². The summed E-state index contributed by atoms with van der Waals surface area (Å²) in [5, 5.41) is 11.6. The van der Waals surface area contributed by atoms with E-state index >= 15 is 0 Å². The third-order valence-corrected chi connectivity index (χ3v) is 7.74. The van der Waals surface area contributed by atoms with Gasteiger partial charge in [-0.25, -0.2) is 0 Å². The fraction of sp³-hybridized carbons (Fsp3) is 0.640. The molecule has 2 fully saturated rings. The number of hydrogen-bond donors (Lipinski definition) is 2. The highest BCUT2D eigenvalue weighted by Gasteiger charge is 2.53. The molecule has 32 heavy (non-hydrogen) atoms. The molecule has 1 saturated heterocycles. The summed E-state index contributed by atoms with van der Waals surface area (Å²) in [6.07, 6.45) is 5.43. The molecule has 0 radical (unpaired) electrons. The van der Waals surface area contributed by atoms with Crippen LogP contribution in [-0.4, -0.2) is 91.2 Å². The SMILES string of the molecule is COc1ccc2c3c([nH]c2c1)[C@@H](CO)N(C(=O)CN(C)C)CC31CN(CC2CCCC2)C1. The molecule has 2 N–H and O–H groups in total. The number of benzene rings is 1. The second-order valence-corrected chi connectivity index (χ2v) is 10.4. The monoisotopic (exact) mass is 440 g/mol. The molecule has 0 bridgehead atoms. The number of amides is 1. The quantitative estimate of drug-likeness (QED) is 0.722. The lowest BCUT2D eigenvalue weighted by molar-refractivity contribution is -0.139. The number of H-pyrrole nitrogens is 1. The number of likely N-dealkylation sites (N-methyl/N-ethyl adjacent to an activating group) is 1. The van der Waals surface area contributed by atoms with Gasteiger partial charge in [0.2, 0.25) is 5.91 Å². The van der Waals surface area contributed by atoms with Crippen molar-refractivity contribution < 1.29 is 14.6 Å². The molecule has 7 nitrogen and oxygen atoms in total. The normalized spacial score (nSPS) is 23.2. The third-order valence-electron chi connectivity index (χ3n) is 7.74. The average molecular weight is 441 g/mol. The van der Waals surface area contributed by atoms with Gasteiger partial charge in [0.15, 0.2) is 0 Å². The predicted molar refractivity (Wildman–Crippen MR) is 125 cm³/mol. The van der Waals surface area contributed by atoms with Gasteiger partial charge in [0, 0.05) is 54.3 Å². The first-order valence-electron chi connectivity index (χ1n) is 11.9. The minimum absolute atomic E-state index is 0.0737. The lowest BCUT2D eigenvalue weighted by Gasteiger charge is -2.56. The highest BCUT2D eigenvalue weighted by atomic mass is 16.5. The minimum atomic E-state index is -0.342. The molecule has 3 aliphatic rings. The summed E-state index contributed by atoms with van der Waals surface area (Å²) in [6, 6.07) is 5.83. The number of nitrogens with one attached hydrogen (secondary N) is 1. The van der Waals surface area contributed by atoms with Gasteiger partial charge in [0.05, 0.1) is 26.3 Å². The number of nitrogens with zero attached hydrogens (tertiary/aromatic N) is 3. The number of fused-ring (bicyclic) bond motifs is 4.